The maximum absolute atomic E-state index is 12.4. The van der Waals surface area contributed by atoms with E-state index in [1.54, 1.807) is 21.5 Å². The summed E-state index contributed by atoms with van der Waals surface area (Å²) in [6, 6.07) is 0. The number of Topliss-reactive ketones (excluding diaryl/α,β-unsaturated/α-hetero) is 2. The molecule has 0 atom stereocenters. The molecule has 2 N–H and O–H groups in total. The van der Waals surface area contributed by atoms with Crippen molar-refractivity contribution < 1.29 is 19.8 Å². The highest BCUT2D eigenvalue weighted by molar-refractivity contribution is 7.71. The highest BCUT2D eigenvalue weighted by Gasteiger charge is 2.23. The summed E-state index contributed by atoms with van der Waals surface area (Å²) in [5.74, 6) is 0.753. The Morgan fingerprint density at radius 3 is 1.33 bits per heavy atom. The monoisotopic (exact) mass is 580 g/mol. The fourth-order valence-electron chi connectivity index (χ4n) is 5.06. The van der Waals surface area contributed by atoms with Crippen LogP contribution in [-0.4, -0.2) is 40.0 Å². The Bertz CT molecular complexity index is 1140. The van der Waals surface area contributed by atoms with Crippen molar-refractivity contribution in [2.24, 2.45) is 10.8 Å². The number of aryl methyl sites for hydroxylation is 2. The number of rotatable bonds is 18. The molecule has 0 amide bonds. The molecular formula is C29H48N4O4S2. The molecule has 0 saturated carbocycles. The van der Waals surface area contributed by atoms with Gasteiger partial charge in [0.05, 0.1) is 12.4 Å². The minimum Gasteiger partial charge on any atom is -0.493 e. The van der Waals surface area contributed by atoms with Crippen molar-refractivity contribution in [2.45, 2.75) is 126 Å². The molecule has 0 radical (unpaired) electrons. The molecule has 2 aromatic heterocycles. The van der Waals surface area contributed by atoms with Gasteiger partial charge in [0.15, 0.2) is 9.54 Å². The predicted molar refractivity (Wildman–Crippen MR) is 160 cm³/mol. The normalized spacial score (nSPS) is 12.3. The zero-order valence-corrected chi connectivity index (χ0v) is 26.3. The zero-order valence-electron chi connectivity index (χ0n) is 24.7. The van der Waals surface area contributed by atoms with Crippen LogP contribution in [0.25, 0.3) is 0 Å². The molecule has 2 aromatic rings. The lowest BCUT2D eigenvalue weighted by atomic mass is 9.86. The number of hydrogen-bond donors (Lipinski definition) is 2. The minimum absolute atomic E-state index is 0.107. The molecule has 0 aromatic carbocycles. The third kappa shape index (κ3) is 10.0. The van der Waals surface area contributed by atoms with Gasteiger partial charge in [0, 0.05) is 51.9 Å². The molecule has 0 fully saturated rings. The summed E-state index contributed by atoms with van der Waals surface area (Å²) >= 11 is 10.9. The van der Waals surface area contributed by atoms with Crippen LogP contribution in [0.2, 0.25) is 0 Å². The molecule has 0 saturated heterocycles. The summed E-state index contributed by atoms with van der Waals surface area (Å²) in [6.45, 7) is 15.1. The topological polar surface area (TPSA) is 94.3 Å². The number of ketones is 2. The number of aromatic hydroxyl groups is 2. The van der Waals surface area contributed by atoms with Crippen molar-refractivity contribution in [1.29, 1.82) is 0 Å². The molecule has 10 heteroatoms. The van der Waals surface area contributed by atoms with Crippen LogP contribution < -0.4 is 0 Å². The summed E-state index contributed by atoms with van der Waals surface area (Å²) in [6.07, 6.45) is 9.07. The van der Waals surface area contributed by atoms with E-state index in [1.807, 2.05) is 23.0 Å². The average molecular weight is 581 g/mol. The maximum Gasteiger partial charge on any atom is 0.210 e. The predicted octanol–water partition coefficient (Wildman–Crippen LogP) is 7.20. The van der Waals surface area contributed by atoms with Gasteiger partial charge in [0.2, 0.25) is 11.8 Å². The molecule has 220 valence electrons. The number of carbonyl (C=O) groups is 2. The largest absolute Gasteiger partial charge is 0.493 e. The van der Waals surface area contributed by atoms with Gasteiger partial charge >= 0.3 is 0 Å². The van der Waals surface area contributed by atoms with E-state index in [2.05, 4.69) is 27.7 Å². The van der Waals surface area contributed by atoms with Gasteiger partial charge in [-0.2, -0.15) is 0 Å². The Morgan fingerprint density at radius 2 is 1.03 bits per heavy atom. The number of carbonyl (C=O) groups excluding carboxylic acids is 2. The summed E-state index contributed by atoms with van der Waals surface area (Å²) in [5.41, 5.74) is -0.215. The first kappa shape index (κ1) is 33.0. The first-order chi connectivity index (χ1) is 18.2. The highest BCUT2D eigenvalue weighted by atomic mass is 32.1. The third-order valence-electron chi connectivity index (χ3n) is 7.43. The molecule has 8 nitrogen and oxygen atoms in total. The smallest absolute Gasteiger partial charge is 0.210 e. The molecular weight excluding hydrogens is 532 g/mol. The molecule has 0 bridgehead atoms. The van der Waals surface area contributed by atoms with E-state index in [9.17, 15) is 19.8 Å². The van der Waals surface area contributed by atoms with Crippen molar-refractivity contribution in [3.05, 3.63) is 21.9 Å². The average Bonchev–Trinajstić information content (AvgIpc) is 3.27. The first-order valence-corrected chi connectivity index (χ1v) is 15.0. The van der Waals surface area contributed by atoms with Crippen LogP contribution in [-0.2, 0) is 35.8 Å². The summed E-state index contributed by atoms with van der Waals surface area (Å²) < 4.78 is 8.44. The van der Waals surface area contributed by atoms with E-state index in [0.717, 1.165) is 25.7 Å². The molecule has 39 heavy (non-hydrogen) atoms. The van der Waals surface area contributed by atoms with Crippen molar-refractivity contribution in [2.75, 3.05) is 0 Å². The van der Waals surface area contributed by atoms with Crippen LogP contribution in [0.4, 0.5) is 0 Å². The summed E-state index contributed by atoms with van der Waals surface area (Å²) in [7, 11) is 0. The second kappa shape index (κ2) is 14.4. The third-order valence-corrected chi connectivity index (χ3v) is 8.34. The van der Waals surface area contributed by atoms with Crippen LogP contribution in [0.3, 0.4) is 0 Å². The van der Waals surface area contributed by atoms with Crippen LogP contribution in [0.15, 0.2) is 12.4 Å². The van der Waals surface area contributed by atoms with E-state index in [1.165, 1.54) is 0 Å². The zero-order chi connectivity index (χ0) is 29.4. The van der Waals surface area contributed by atoms with Gasteiger partial charge < -0.3 is 19.3 Å². The molecule has 0 aliphatic heterocycles. The maximum atomic E-state index is 12.4. The Balaban J connectivity index is 1.66. The lowest BCUT2D eigenvalue weighted by Gasteiger charge is -2.25. The first-order valence-electron chi connectivity index (χ1n) is 14.2. The fraction of sp³-hybridized carbons (Fsp3) is 0.724. The van der Waals surface area contributed by atoms with E-state index in [0.29, 0.717) is 67.8 Å². The molecule has 2 rings (SSSR count). The van der Waals surface area contributed by atoms with Gasteiger partial charge in [-0.15, -0.1) is 0 Å². The number of imidazole rings is 2. The molecule has 0 aliphatic rings. The van der Waals surface area contributed by atoms with Crippen molar-refractivity contribution in [1.82, 2.24) is 18.3 Å². The van der Waals surface area contributed by atoms with E-state index in [4.69, 9.17) is 24.4 Å². The van der Waals surface area contributed by atoms with Crippen LogP contribution >= 0.6 is 24.4 Å². The van der Waals surface area contributed by atoms with Crippen LogP contribution in [0, 0.1) is 20.4 Å². The SMILES string of the molecule is CCn1cc(O)n(CC(C)(C)CCCC(=O)CCCC(=O)CCCC(C)(C)Cn2c(O)cn(CC)c2=S)c1=S. The molecule has 0 spiro atoms. The molecule has 2 heterocycles. The summed E-state index contributed by atoms with van der Waals surface area (Å²) in [4.78, 5) is 24.8. The Labute approximate surface area is 243 Å². The van der Waals surface area contributed by atoms with Crippen LogP contribution in [0.5, 0.6) is 11.8 Å². The second-order valence-electron chi connectivity index (χ2n) is 12.3. The van der Waals surface area contributed by atoms with E-state index >= 15 is 0 Å². The Kier molecular flexibility index (Phi) is 12.2. The molecule has 0 unspecified atom stereocenters. The highest BCUT2D eigenvalue weighted by Crippen LogP contribution is 2.30. The van der Waals surface area contributed by atoms with E-state index in [-0.39, 0.29) is 34.2 Å². The van der Waals surface area contributed by atoms with Gasteiger partial charge in [0.25, 0.3) is 0 Å². The van der Waals surface area contributed by atoms with Crippen LogP contribution in [0.1, 0.15) is 99.3 Å². The van der Waals surface area contributed by atoms with Crippen molar-refractivity contribution >= 4 is 36.0 Å². The van der Waals surface area contributed by atoms with Gasteiger partial charge in [-0.25, -0.2) is 0 Å². The van der Waals surface area contributed by atoms with Gasteiger partial charge in [0.1, 0.15) is 11.6 Å². The lowest BCUT2D eigenvalue weighted by molar-refractivity contribution is -0.120. The number of hydrogen-bond acceptors (Lipinski definition) is 6. The van der Waals surface area contributed by atoms with Gasteiger partial charge in [-0.1, -0.05) is 27.7 Å². The Hall–Kier alpha value is -2.20. The fourth-order valence-corrected chi connectivity index (χ4v) is 5.74. The summed E-state index contributed by atoms with van der Waals surface area (Å²) in [5, 5.41) is 20.4. The van der Waals surface area contributed by atoms with Crippen molar-refractivity contribution in [3.63, 3.8) is 0 Å². The van der Waals surface area contributed by atoms with Gasteiger partial charge in [-0.3, -0.25) is 18.7 Å². The standard InChI is InChI=1S/C29H48N4O4S2/c1-7-30-18-24(36)32(26(30)38)20-28(3,4)16-10-14-22(34)12-9-13-23(35)15-11-17-29(5,6)21-33-25(37)19-31(8-2)27(33)39/h18-19,36-37H,7-17,20-21H2,1-6H3. The lowest BCUT2D eigenvalue weighted by Crippen LogP contribution is -2.20. The molecule has 0 aliphatic carbocycles. The number of aromatic nitrogens is 4. The Morgan fingerprint density at radius 1 is 0.692 bits per heavy atom. The second-order valence-corrected chi connectivity index (χ2v) is 13.0. The van der Waals surface area contributed by atoms with Gasteiger partial charge in [-0.05, 0) is 81.2 Å². The van der Waals surface area contributed by atoms with E-state index < -0.39 is 0 Å². The number of nitrogens with zero attached hydrogens (tertiary/aromatic N) is 4. The van der Waals surface area contributed by atoms with Crippen molar-refractivity contribution in [3.8, 4) is 11.8 Å². The quantitative estimate of drug-likeness (QED) is 0.181. The minimum atomic E-state index is -0.107.